The maximum atomic E-state index is 11.5. The molecular weight excluding hydrogens is 180 g/mol. The van der Waals surface area contributed by atoms with Gasteiger partial charge in [-0.25, -0.2) is 0 Å². The normalized spacial score (nSPS) is 18.6. The van der Waals surface area contributed by atoms with Gasteiger partial charge in [0.15, 0.2) is 5.69 Å². The van der Waals surface area contributed by atoms with Crippen LogP contribution in [0.25, 0.3) is 0 Å². The predicted molar refractivity (Wildman–Crippen MR) is 50.7 cm³/mol. The Hall–Kier alpha value is -1.39. The summed E-state index contributed by atoms with van der Waals surface area (Å²) in [5, 5.41) is 12.6. The molecule has 0 unspecified atom stereocenters. The van der Waals surface area contributed by atoms with Crippen LogP contribution in [-0.2, 0) is 0 Å². The molecule has 0 atom stereocenters. The second-order valence-electron chi connectivity index (χ2n) is 4.20. The fraction of sp³-hybridized carbons (Fsp3) is 0.667. The molecular formula is C9H14N4O. The first-order chi connectivity index (χ1) is 6.70. The van der Waals surface area contributed by atoms with Gasteiger partial charge in [0.2, 0.25) is 0 Å². The standard InChI is InChI=1S/C9H14N4O/c1-9(3-2-4-9)6-10-8(14)7-5-11-13-12-7/h5H,2-4,6H2,1H3,(H,10,14)(H,11,12,13). The number of H-pyrrole nitrogens is 1. The first-order valence-electron chi connectivity index (χ1n) is 4.84. The van der Waals surface area contributed by atoms with Crippen molar-refractivity contribution in [1.82, 2.24) is 20.7 Å². The minimum absolute atomic E-state index is 0.146. The highest BCUT2D eigenvalue weighted by Gasteiger charge is 2.32. The molecule has 0 radical (unpaired) electrons. The van der Waals surface area contributed by atoms with Crippen molar-refractivity contribution >= 4 is 5.91 Å². The van der Waals surface area contributed by atoms with E-state index in [2.05, 4.69) is 27.7 Å². The smallest absolute Gasteiger partial charge is 0.273 e. The largest absolute Gasteiger partial charge is 0.350 e. The zero-order valence-corrected chi connectivity index (χ0v) is 8.21. The Labute approximate surface area is 82.3 Å². The van der Waals surface area contributed by atoms with Crippen molar-refractivity contribution in [1.29, 1.82) is 0 Å². The zero-order chi connectivity index (χ0) is 10.0. The van der Waals surface area contributed by atoms with Gasteiger partial charge in [-0.1, -0.05) is 13.3 Å². The van der Waals surface area contributed by atoms with E-state index in [0.29, 0.717) is 11.1 Å². The molecule has 0 saturated heterocycles. The summed E-state index contributed by atoms with van der Waals surface area (Å²) in [6, 6.07) is 0. The maximum absolute atomic E-state index is 11.5. The highest BCUT2D eigenvalue weighted by Crippen LogP contribution is 2.39. The molecule has 1 fully saturated rings. The van der Waals surface area contributed by atoms with Crippen molar-refractivity contribution in [2.75, 3.05) is 6.54 Å². The monoisotopic (exact) mass is 194 g/mol. The summed E-state index contributed by atoms with van der Waals surface area (Å²) in [5.74, 6) is -0.146. The molecule has 1 saturated carbocycles. The number of hydrogen-bond acceptors (Lipinski definition) is 3. The van der Waals surface area contributed by atoms with E-state index in [-0.39, 0.29) is 5.91 Å². The van der Waals surface area contributed by atoms with Crippen molar-refractivity contribution in [2.45, 2.75) is 26.2 Å². The summed E-state index contributed by atoms with van der Waals surface area (Å²) in [6.07, 6.45) is 5.10. The number of aromatic amines is 1. The first-order valence-corrected chi connectivity index (χ1v) is 4.84. The minimum Gasteiger partial charge on any atom is -0.350 e. The summed E-state index contributed by atoms with van der Waals surface area (Å²) in [7, 11) is 0. The molecule has 0 aromatic carbocycles. The van der Waals surface area contributed by atoms with Crippen LogP contribution in [0, 0.1) is 5.41 Å². The molecule has 1 heterocycles. The molecule has 1 aliphatic carbocycles. The van der Waals surface area contributed by atoms with Gasteiger partial charge in [-0.3, -0.25) is 4.79 Å². The van der Waals surface area contributed by atoms with E-state index >= 15 is 0 Å². The van der Waals surface area contributed by atoms with Crippen molar-refractivity contribution < 1.29 is 4.79 Å². The Kier molecular flexibility index (Phi) is 2.23. The van der Waals surface area contributed by atoms with E-state index < -0.39 is 0 Å². The number of rotatable bonds is 3. The molecule has 76 valence electrons. The van der Waals surface area contributed by atoms with Crippen molar-refractivity contribution in [2.24, 2.45) is 5.41 Å². The topological polar surface area (TPSA) is 70.7 Å². The first kappa shape index (κ1) is 9.18. The van der Waals surface area contributed by atoms with Gasteiger partial charge in [-0.05, 0) is 18.3 Å². The molecule has 0 bridgehead atoms. The number of carbonyl (C=O) groups excluding carboxylic acids is 1. The second-order valence-corrected chi connectivity index (χ2v) is 4.20. The highest BCUT2D eigenvalue weighted by molar-refractivity contribution is 5.91. The molecule has 0 aliphatic heterocycles. The van der Waals surface area contributed by atoms with Gasteiger partial charge in [-0.15, -0.1) is 0 Å². The Morgan fingerprint density at radius 3 is 3.00 bits per heavy atom. The molecule has 1 aromatic heterocycles. The fourth-order valence-electron chi connectivity index (χ4n) is 1.65. The van der Waals surface area contributed by atoms with E-state index in [1.807, 2.05) is 0 Å². The number of amides is 1. The van der Waals surface area contributed by atoms with Crippen LogP contribution in [0.2, 0.25) is 0 Å². The summed E-state index contributed by atoms with van der Waals surface area (Å²) in [5.41, 5.74) is 0.660. The van der Waals surface area contributed by atoms with Gasteiger partial charge in [-0.2, -0.15) is 15.4 Å². The van der Waals surface area contributed by atoms with Crippen LogP contribution in [0.4, 0.5) is 0 Å². The van der Waals surface area contributed by atoms with E-state index in [9.17, 15) is 4.79 Å². The SMILES string of the molecule is CC1(CNC(=O)c2cn[nH]n2)CCC1. The summed E-state index contributed by atoms with van der Waals surface area (Å²) in [4.78, 5) is 11.5. The van der Waals surface area contributed by atoms with Crippen LogP contribution in [0.15, 0.2) is 6.20 Å². The number of hydrogen-bond donors (Lipinski definition) is 2. The van der Waals surface area contributed by atoms with Crippen molar-refractivity contribution in [3.05, 3.63) is 11.9 Å². The van der Waals surface area contributed by atoms with E-state index in [4.69, 9.17) is 0 Å². The lowest BCUT2D eigenvalue weighted by Crippen LogP contribution is -2.40. The van der Waals surface area contributed by atoms with Crippen LogP contribution < -0.4 is 5.32 Å². The third-order valence-electron chi connectivity index (χ3n) is 2.88. The van der Waals surface area contributed by atoms with Crippen molar-refractivity contribution in [3.8, 4) is 0 Å². The van der Waals surface area contributed by atoms with E-state index in [1.165, 1.54) is 25.5 Å². The average molecular weight is 194 g/mol. The quantitative estimate of drug-likeness (QED) is 0.745. The Bertz CT molecular complexity index is 316. The lowest BCUT2D eigenvalue weighted by atomic mass is 9.70. The zero-order valence-electron chi connectivity index (χ0n) is 8.21. The minimum atomic E-state index is -0.146. The van der Waals surface area contributed by atoms with Gasteiger partial charge < -0.3 is 5.32 Å². The average Bonchev–Trinajstić information content (AvgIpc) is 2.63. The van der Waals surface area contributed by atoms with Crippen LogP contribution >= 0.6 is 0 Å². The van der Waals surface area contributed by atoms with E-state index in [1.54, 1.807) is 0 Å². The van der Waals surface area contributed by atoms with Crippen LogP contribution in [-0.4, -0.2) is 27.9 Å². The maximum Gasteiger partial charge on any atom is 0.273 e. The predicted octanol–water partition coefficient (Wildman–Crippen LogP) is 0.725. The number of nitrogens with one attached hydrogen (secondary N) is 2. The molecule has 1 amide bonds. The third kappa shape index (κ3) is 1.76. The molecule has 2 N–H and O–H groups in total. The summed E-state index contributed by atoms with van der Waals surface area (Å²) >= 11 is 0. The van der Waals surface area contributed by atoms with E-state index in [0.717, 1.165) is 6.54 Å². The molecule has 14 heavy (non-hydrogen) atoms. The van der Waals surface area contributed by atoms with Crippen molar-refractivity contribution in [3.63, 3.8) is 0 Å². The molecule has 0 spiro atoms. The summed E-state index contributed by atoms with van der Waals surface area (Å²) < 4.78 is 0. The Morgan fingerprint density at radius 2 is 2.50 bits per heavy atom. The fourth-order valence-corrected chi connectivity index (χ4v) is 1.65. The molecule has 1 aliphatic rings. The number of nitrogens with zero attached hydrogens (tertiary/aromatic N) is 2. The van der Waals surface area contributed by atoms with Crippen LogP contribution in [0.3, 0.4) is 0 Å². The number of aromatic nitrogens is 3. The summed E-state index contributed by atoms with van der Waals surface area (Å²) in [6.45, 7) is 2.93. The Balaban J connectivity index is 1.84. The molecule has 5 heteroatoms. The van der Waals surface area contributed by atoms with Crippen LogP contribution in [0.1, 0.15) is 36.7 Å². The van der Waals surface area contributed by atoms with Gasteiger partial charge in [0.25, 0.3) is 5.91 Å². The van der Waals surface area contributed by atoms with Gasteiger partial charge in [0, 0.05) is 6.54 Å². The Morgan fingerprint density at radius 1 is 1.71 bits per heavy atom. The third-order valence-corrected chi connectivity index (χ3v) is 2.88. The molecule has 5 nitrogen and oxygen atoms in total. The molecule has 1 aromatic rings. The van der Waals surface area contributed by atoms with Gasteiger partial charge in [0.05, 0.1) is 6.20 Å². The van der Waals surface area contributed by atoms with Gasteiger partial charge >= 0.3 is 0 Å². The molecule has 2 rings (SSSR count). The lowest BCUT2D eigenvalue weighted by molar-refractivity contribution is 0.0886. The van der Waals surface area contributed by atoms with Gasteiger partial charge in [0.1, 0.15) is 0 Å². The lowest BCUT2D eigenvalue weighted by Gasteiger charge is -2.38. The second kappa shape index (κ2) is 3.40. The number of carbonyl (C=O) groups is 1. The highest BCUT2D eigenvalue weighted by atomic mass is 16.1. The van der Waals surface area contributed by atoms with Crippen LogP contribution in [0.5, 0.6) is 0 Å².